The molecule has 1 heterocycles. The molecule has 1 aromatic rings. The zero-order valence-electron chi connectivity index (χ0n) is 12.1. The largest absolute Gasteiger partial charge is 0.322 e. The lowest BCUT2D eigenvalue weighted by atomic mass is 10.2. The number of benzene rings is 1. The Kier molecular flexibility index (Phi) is 5.43. The molecule has 2 amide bonds. The second kappa shape index (κ2) is 7.09. The lowest BCUT2D eigenvalue weighted by Crippen LogP contribution is -2.52. The normalized spacial score (nSPS) is 17.9. The Balaban J connectivity index is 1.86. The van der Waals surface area contributed by atoms with Crippen LogP contribution in [-0.2, 0) is 0 Å². The van der Waals surface area contributed by atoms with Gasteiger partial charge in [0.1, 0.15) is 0 Å². The number of rotatable bonds is 3. The molecule has 1 aromatic carbocycles. The Morgan fingerprint density at radius 2 is 2.05 bits per heavy atom. The molecule has 0 aromatic heterocycles. The highest BCUT2D eigenvalue weighted by molar-refractivity contribution is 9.10. The molecule has 1 unspecified atom stereocenters. The van der Waals surface area contributed by atoms with E-state index in [-0.39, 0.29) is 6.03 Å². The van der Waals surface area contributed by atoms with Crippen molar-refractivity contribution in [3.63, 3.8) is 0 Å². The summed E-state index contributed by atoms with van der Waals surface area (Å²) in [6, 6.07) is 8.27. The second-order valence-electron chi connectivity index (χ2n) is 5.22. The zero-order chi connectivity index (χ0) is 14.5. The number of halogens is 1. The summed E-state index contributed by atoms with van der Waals surface area (Å²) >= 11 is 3.41. The minimum absolute atomic E-state index is 0.00750. The maximum atomic E-state index is 12.2. The van der Waals surface area contributed by atoms with Crippen LogP contribution in [0.1, 0.15) is 20.3 Å². The summed E-state index contributed by atoms with van der Waals surface area (Å²) < 4.78 is 0.969. The van der Waals surface area contributed by atoms with E-state index >= 15 is 0 Å². The lowest BCUT2D eigenvalue weighted by molar-refractivity contribution is 0.117. The molecule has 0 aliphatic carbocycles. The third kappa shape index (κ3) is 3.96. The summed E-state index contributed by atoms with van der Waals surface area (Å²) in [7, 11) is 0. The van der Waals surface area contributed by atoms with Crippen molar-refractivity contribution in [1.82, 2.24) is 9.80 Å². The van der Waals surface area contributed by atoms with E-state index in [1.54, 1.807) is 0 Å². The molecule has 1 N–H and O–H groups in total. The van der Waals surface area contributed by atoms with E-state index in [2.05, 4.69) is 40.0 Å². The van der Waals surface area contributed by atoms with E-state index in [0.29, 0.717) is 6.04 Å². The molecule has 1 fully saturated rings. The number of carbonyl (C=O) groups is 1. The van der Waals surface area contributed by atoms with Gasteiger partial charge in [-0.1, -0.05) is 28.9 Å². The van der Waals surface area contributed by atoms with Crippen LogP contribution in [0.3, 0.4) is 0 Å². The summed E-state index contributed by atoms with van der Waals surface area (Å²) in [6.07, 6.45) is 1.16. The van der Waals surface area contributed by atoms with Crippen molar-refractivity contribution in [3.05, 3.63) is 28.7 Å². The smallest absolute Gasteiger partial charge is 0.321 e. The highest BCUT2D eigenvalue weighted by Crippen LogP contribution is 2.16. The molecule has 0 saturated carbocycles. The number of nitrogens with one attached hydrogen (secondary N) is 1. The first-order valence-corrected chi connectivity index (χ1v) is 7.95. The van der Waals surface area contributed by atoms with Crippen molar-refractivity contribution in [2.75, 3.05) is 31.5 Å². The summed E-state index contributed by atoms with van der Waals surface area (Å²) in [4.78, 5) is 16.5. The maximum absolute atomic E-state index is 12.2. The Bertz CT molecular complexity index is 458. The molecule has 1 saturated heterocycles. The zero-order valence-corrected chi connectivity index (χ0v) is 13.7. The van der Waals surface area contributed by atoms with Crippen LogP contribution in [-0.4, -0.2) is 48.1 Å². The first-order valence-electron chi connectivity index (χ1n) is 7.15. The molecular formula is C15H22BrN3O. The van der Waals surface area contributed by atoms with Gasteiger partial charge in [-0.25, -0.2) is 4.79 Å². The molecule has 1 atom stereocenters. The van der Waals surface area contributed by atoms with Crippen molar-refractivity contribution in [3.8, 4) is 0 Å². The fraction of sp³-hybridized carbons (Fsp3) is 0.533. The van der Waals surface area contributed by atoms with Crippen LogP contribution < -0.4 is 5.32 Å². The van der Waals surface area contributed by atoms with E-state index in [1.165, 1.54) is 0 Å². The fourth-order valence-electron chi connectivity index (χ4n) is 2.39. The molecule has 1 aliphatic rings. The van der Waals surface area contributed by atoms with E-state index in [1.807, 2.05) is 29.2 Å². The number of nitrogens with zero attached hydrogens (tertiary/aromatic N) is 2. The van der Waals surface area contributed by atoms with Gasteiger partial charge in [-0.15, -0.1) is 0 Å². The molecule has 110 valence electrons. The van der Waals surface area contributed by atoms with Gasteiger partial charge in [-0.3, -0.25) is 4.90 Å². The maximum Gasteiger partial charge on any atom is 0.321 e. The van der Waals surface area contributed by atoms with E-state index < -0.39 is 0 Å². The Morgan fingerprint density at radius 1 is 1.35 bits per heavy atom. The van der Waals surface area contributed by atoms with Gasteiger partial charge in [-0.2, -0.15) is 0 Å². The summed E-state index contributed by atoms with van der Waals surface area (Å²) in [5.41, 5.74) is 0.828. The van der Waals surface area contributed by atoms with Gasteiger partial charge >= 0.3 is 6.03 Å². The standard InChI is InChI=1S/C15H22BrN3O/c1-3-12(2)18-7-9-19(10-8-18)15(20)17-14-6-4-5-13(16)11-14/h4-6,11-12H,3,7-10H2,1-2H3,(H,17,20). The van der Waals surface area contributed by atoms with Gasteiger partial charge in [-0.05, 0) is 31.5 Å². The average molecular weight is 340 g/mol. The third-order valence-electron chi connectivity index (χ3n) is 3.89. The number of hydrogen-bond acceptors (Lipinski definition) is 2. The molecule has 1 aliphatic heterocycles. The van der Waals surface area contributed by atoms with Crippen molar-refractivity contribution in [2.45, 2.75) is 26.3 Å². The van der Waals surface area contributed by atoms with Crippen LogP contribution in [0.2, 0.25) is 0 Å². The van der Waals surface area contributed by atoms with Crippen molar-refractivity contribution in [2.24, 2.45) is 0 Å². The average Bonchev–Trinajstić information content (AvgIpc) is 2.46. The quantitative estimate of drug-likeness (QED) is 0.915. The molecule has 4 nitrogen and oxygen atoms in total. The van der Waals surface area contributed by atoms with Gasteiger partial charge in [0, 0.05) is 42.4 Å². The third-order valence-corrected chi connectivity index (χ3v) is 4.38. The van der Waals surface area contributed by atoms with Crippen molar-refractivity contribution < 1.29 is 4.79 Å². The van der Waals surface area contributed by atoms with E-state index in [4.69, 9.17) is 0 Å². The number of amides is 2. The fourth-order valence-corrected chi connectivity index (χ4v) is 2.79. The highest BCUT2D eigenvalue weighted by atomic mass is 79.9. The number of hydrogen-bond donors (Lipinski definition) is 1. The Hall–Kier alpha value is -1.07. The number of carbonyl (C=O) groups excluding carboxylic acids is 1. The molecule has 2 rings (SSSR count). The second-order valence-corrected chi connectivity index (χ2v) is 6.14. The first kappa shape index (κ1) is 15.3. The Labute approximate surface area is 129 Å². The lowest BCUT2D eigenvalue weighted by Gasteiger charge is -2.37. The monoisotopic (exact) mass is 339 g/mol. The van der Waals surface area contributed by atoms with Crippen LogP contribution in [0.25, 0.3) is 0 Å². The van der Waals surface area contributed by atoms with Crippen LogP contribution in [0.4, 0.5) is 10.5 Å². The topological polar surface area (TPSA) is 35.6 Å². The molecule has 0 spiro atoms. The summed E-state index contributed by atoms with van der Waals surface area (Å²) in [6.45, 7) is 7.96. The number of piperazine rings is 1. The SMILES string of the molecule is CCC(C)N1CCN(C(=O)Nc2cccc(Br)c2)CC1. The molecule has 0 radical (unpaired) electrons. The summed E-state index contributed by atoms with van der Waals surface area (Å²) in [5.74, 6) is 0. The number of urea groups is 1. The Morgan fingerprint density at radius 3 is 2.65 bits per heavy atom. The minimum Gasteiger partial charge on any atom is -0.322 e. The van der Waals surface area contributed by atoms with Gasteiger partial charge in [0.2, 0.25) is 0 Å². The minimum atomic E-state index is -0.00750. The molecular weight excluding hydrogens is 318 g/mol. The van der Waals surface area contributed by atoms with Crippen LogP contribution in [0.5, 0.6) is 0 Å². The molecule has 20 heavy (non-hydrogen) atoms. The predicted octanol–water partition coefficient (Wildman–Crippen LogP) is 3.40. The van der Waals surface area contributed by atoms with Crippen molar-refractivity contribution in [1.29, 1.82) is 0 Å². The van der Waals surface area contributed by atoms with Crippen molar-refractivity contribution >= 4 is 27.6 Å². The van der Waals surface area contributed by atoms with Gasteiger partial charge in [0.05, 0.1) is 0 Å². The van der Waals surface area contributed by atoms with Crippen LogP contribution in [0, 0.1) is 0 Å². The first-order chi connectivity index (χ1) is 9.60. The predicted molar refractivity (Wildman–Crippen MR) is 86.1 cm³/mol. The van der Waals surface area contributed by atoms with Crippen LogP contribution in [0.15, 0.2) is 28.7 Å². The summed E-state index contributed by atoms with van der Waals surface area (Å²) in [5, 5.41) is 2.95. The number of anilines is 1. The van der Waals surface area contributed by atoms with E-state index in [0.717, 1.165) is 42.8 Å². The van der Waals surface area contributed by atoms with Crippen LogP contribution >= 0.6 is 15.9 Å². The van der Waals surface area contributed by atoms with E-state index in [9.17, 15) is 4.79 Å². The molecule has 5 heteroatoms. The van der Waals surface area contributed by atoms with Gasteiger partial charge < -0.3 is 10.2 Å². The van der Waals surface area contributed by atoms with Gasteiger partial charge in [0.15, 0.2) is 0 Å². The molecule has 0 bridgehead atoms. The highest BCUT2D eigenvalue weighted by Gasteiger charge is 2.23. The van der Waals surface area contributed by atoms with Gasteiger partial charge in [0.25, 0.3) is 0 Å².